The van der Waals surface area contributed by atoms with E-state index in [4.69, 9.17) is 14.5 Å². The minimum atomic E-state index is -0.680. The molecule has 2 atom stereocenters. The highest BCUT2D eigenvalue weighted by Crippen LogP contribution is 2.22. The van der Waals surface area contributed by atoms with Crippen molar-refractivity contribution in [2.45, 2.75) is 39.0 Å². The van der Waals surface area contributed by atoms with Gasteiger partial charge in [0.15, 0.2) is 5.96 Å². The average Bonchev–Trinajstić information content (AvgIpc) is 2.77. The molecule has 2 aromatic carbocycles. The van der Waals surface area contributed by atoms with Crippen molar-refractivity contribution in [1.29, 1.82) is 0 Å². The van der Waals surface area contributed by atoms with Gasteiger partial charge < -0.3 is 30.1 Å². The molecule has 7 nitrogen and oxygen atoms in total. The number of guanidine groups is 1. The molecule has 2 rings (SSSR count). The van der Waals surface area contributed by atoms with Gasteiger partial charge in [-0.3, -0.25) is 4.99 Å². The summed E-state index contributed by atoms with van der Waals surface area (Å²) in [5.74, 6) is 2.26. The van der Waals surface area contributed by atoms with Crippen LogP contribution in [0, 0.1) is 0 Å². The molecule has 2 aromatic rings. The molecule has 0 saturated carbocycles. The number of nitrogens with one attached hydrogen (secondary N) is 2. The molecule has 176 valence electrons. The van der Waals surface area contributed by atoms with Crippen LogP contribution in [0.3, 0.4) is 0 Å². The summed E-state index contributed by atoms with van der Waals surface area (Å²) in [6, 6.07) is 15.7. The number of benzene rings is 2. The average molecular weight is 443 g/mol. The Morgan fingerprint density at radius 1 is 1.03 bits per heavy atom. The molecule has 0 aliphatic heterocycles. The maximum Gasteiger partial charge on any atom is 0.191 e. The Morgan fingerprint density at radius 2 is 1.75 bits per heavy atom. The second-order valence-electron chi connectivity index (χ2n) is 8.11. The Hall–Kier alpha value is -2.77. The van der Waals surface area contributed by atoms with E-state index in [9.17, 15) is 5.11 Å². The number of aliphatic hydroxyl groups excluding tert-OH is 1. The molecule has 32 heavy (non-hydrogen) atoms. The van der Waals surface area contributed by atoms with Gasteiger partial charge in [-0.25, -0.2) is 0 Å². The van der Waals surface area contributed by atoms with Crippen molar-refractivity contribution in [2.24, 2.45) is 4.99 Å². The van der Waals surface area contributed by atoms with Crippen molar-refractivity contribution in [3.05, 3.63) is 59.7 Å². The molecule has 7 heteroatoms. The van der Waals surface area contributed by atoms with Crippen molar-refractivity contribution in [2.75, 3.05) is 40.8 Å². The van der Waals surface area contributed by atoms with E-state index >= 15 is 0 Å². The monoisotopic (exact) mass is 442 g/mol. The first kappa shape index (κ1) is 25.5. The molecule has 0 aliphatic carbocycles. The number of hydrogen-bond donors (Lipinski definition) is 3. The highest BCUT2D eigenvalue weighted by Gasteiger charge is 2.15. The topological polar surface area (TPSA) is 78.4 Å². The Labute approximate surface area is 192 Å². The van der Waals surface area contributed by atoms with Crippen molar-refractivity contribution >= 4 is 5.96 Å². The van der Waals surface area contributed by atoms with Crippen LogP contribution in [-0.2, 0) is 0 Å². The quantitative estimate of drug-likeness (QED) is 0.366. The van der Waals surface area contributed by atoms with Gasteiger partial charge in [0.05, 0.1) is 31.9 Å². The van der Waals surface area contributed by atoms with Crippen molar-refractivity contribution in [3.8, 4) is 11.5 Å². The first-order valence-electron chi connectivity index (χ1n) is 11.1. The highest BCUT2D eigenvalue weighted by molar-refractivity contribution is 5.79. The normalized spacial score (nSPS) is 13.7. The lowest BCUT2D eigenvalue weighted by molar-refractivity contribution is 0.179. The Morgan fingerprint density at radius 3 is 2.34 bits per heavy atom. The van der Waals surface area contributed by atoms with Gasteiger partial charge in [0.2, 0.25) is 0 Å². The van der Waals surface area contributed by atoms with Crippen molar-refractivity contribution in [3.63, 3.8) is 0 Å². The second kappa shape index (κ2) is 12.9. The Bertz CT molecular complexity index is 837. The molecule has 0 fully saturated rings. The smallest absolute Gasteiger partial charge is 0.191 e. The first-order chi connectivity index (χ1) is 15.3. The van der Waals surface area contributed by atoms with Gasteiger partial charge in [-0.15, -0.1) is 0 Å². The fourth-order valence-corrected chi connectivity index (χ4v) is 3.29. The highest BCUT2D eigenvalue weighted by atomic mass is 16.5. The number of aliphatic hydroxyl groups is 1. The van der Waals surface area contributed by atoms with Gasteiger partial charge in [-0.2, -0.15) is 0 Å². The Balaban J connectivity index is 2.04. The fourth-order valence-electron chi connectivity index (χ4n) is 3.29. The third kappa shape index (κ3) is 8.05. The number of rotatable bonds is 11. The van der Waals surface area contributed by atoms with E-state index in [1.807, 2.05) is 71.3 Å². The van der Waals surface area contributed by atoms with Crippen molar-refractivity contribution in [1.82, 2.24) is 15.5 Å². The van der Waals surface area contributed by atoms with Crippen LogP contribution in [0.2, 0.25) is 0 Å². The van der Waals surface area contributed by atoms with Gasteiger partial charge in [-0.05, 0) is 70.3 Å². The summed E-state index contributed by atoms with van der Waals surface area (Å²) in [7, 11) is 5.75. The third-order valence-corrected chi connectivity index (χ3v) is 4.97. The Kier molecular flexibility index (Phi) is 10.3. The van der Waals surface area contributed by atoms with Crippen molar-refractivity contribution < 1.29 is 14.6 Å². The third-order valence-electron chi connectivity index (χ3n) is 4.97. The zero-order chi connectivity index (χ0) is 23.5. The molecule has 0 bridgehead atoms. The van der Waals surface area contributed by atoms with Gasteiger partial charge in [0.1, 0.15) is 11.5 Å². The van der Waals surface area contributed by atoms with E-state index in [2.05, 4.69) is 27.7 Å². The SMILES string of the molecule is CCNC(=NCC(c1ccc(OC)cc1)N(C)C)NCC(O)c1cccc(OC(C)C)c1. The van der Waals surface area contributed by atoms with Gasteiger partial charge in [0.25, 0.3) is 0 Å². The summed E-state index contributed by atoms with van der Waals surface area (Å²) in [4.78, 5) is 6.91. The van der Waals surface area contributed by atoms with Crippen LogP contribution >= 0.6 is 0 Å². The summed E-state index contributed by atoms with van der Waals surface area (Å²) in [6.45, 7) is 7.63. The molecule has 0 aromatic heterocycles. The van der Waals surface area contributed by atoms with E-state index in [0.717, 1.165) is 29.2 Å². The molecular formula is C25H38N4O3. The van der Waals surface area contributed by atoms with E-state index in [1.165, 1.54) is 0 Å². The molecule has 0 saturated heterocycles. The predicted octanol–water partition coefficient (Wildman–Crippen LogP) is 3.37. The number of hydrogen-bond acceptors (Lipinski definition) is 5. The predicted molar refractivity (Wildman–Crippen MR) is 131 cm³/mol. The largest absolute Gasteiger partial charge is 0.497 e. The van der Waals surface area contributed by atoms with Gasteiger partial charge >= 0.3 is 0 Å². The van der Waals surface area contributed by atoms with E-state index in [1.54, 1.807) is 7.11 Å². The number of ether oxygens (including phenoxy) is 2. The molecule has 3 N–H and O–H groups in total. The number of aliphatic imine (C=N–C) groups is 1. The molecule has 0 spiro atoms. The number of methoxy groups -OCH3 is 1. The van der Waals surface area contributed by atoms with E-state index in [0.29, 0.717) is 19.0 Å². The molecule has 0 amide bonds. The maximum atomic E-state index is 10.7. The van der Waals surface area contributed by atoms with Crippen LogP contribution in [0.4, 0.5) is 0 Å². The lowest BCUT2D eigenvalue weighted by atomic mass is 10.1. The molecule has 0 heterocycles. The maximum absolute atomic E-state index is 10.7. The van der Waals surface area contributed by atoms with Crippen LogP contribution in [-0.4, -0.2) is 62.9 Å². The molecule has 2 unspecified atom stereocenters. The first-order valence-corrected chi connectivity index (χ1v) is 11.1. The minimum Gasteiger partial charge on any atom is -0.497 e. The zero-order valence-corrected chi connectivity index (χ0v) is 20.1. The number of likely N-dealkylation sites (N-methyl/N-ethyl adjacent to an activating group) is 1. The lowest BCUT2D eigenvalue weighted by Gasteiger charge is -2.24. The molecule has 0 radical (unpaired) electrons. The fraction of sp³-hybridized carbons (Fsp3) is 0.480. The van der Waals surface area contributed by atoms with Crippen LogP contribution < -0.4 is 20.1 Å². The minimum absolute atomic E-state index is 0.0864. The summed E-state index contributed by atoms with van der Waals surface area (Å²) < 4.78 is 11.0. The summed E-state index contributed by atoms with van der Waals surface area (Å²) in [5.41, 5.74) is 1.97. The van der Waals surface area contributed by atoms with Crippen LogP contribution in [0.5, 0.6) is 11.5 Å². The van der Waals surface area contributed by atoms with Gasteiger partial charge in [0, 0.05) is 13.1 Å². The van der Waals surface area contributed by atoms with E-state index in [-0.39, 0.29) is 12.1 Å². The van der Waals surface area contributed by atoms with Gasteiger partial charge in [-0.1, -0.05) is 24.3 Å². The van der Waals surface area contributed by atoms with Crippen LogP contribution in [0.25, 0.3) is 0 Å². The summed E-state index contributed by atoms with van der Waals surface area (Å²) in [5, 5.41) is 17.2. The van der Waals surface area contributed by atoms with Crippen LogP contribution in [0.1, 0.15) is 44.0 Å². The van der Waals surface area contributed by atoms with E-state index < -0.39 is 6.10 Å². The molecular weight excluding hydrogens is 404 g/mol. The summed E-state index contributed by atoms with van der Waals surface area (Å²) in [6.07, 6.45) is -0.593. The second-order valence-corrected chi connectivity index (χ2v) is 8.11. The lowest BCUT2D eigenvalue weighted by Crippen LogP contribution is -2.40. The standard InChI is InChI=1S/C25H38N4O3/c1-7-26-25(27-16-23(29(4)5)19-11-13-21(31-6)14-12-19)28-17-24(30)20-9-8-10-22(15-20)32-18(2)3/h8-15,18,23-24,30H,7,16-17H2,1-6H3,(H2,26,27,28). The summed E-state index contributed by atoms with van der Waals surface area (Å²) >= 11 is 0. The number of nitrogens with zero attached hydrogens (tertiary/aromatic N) is 2. The van der Waals surface area contributed by atoms with Crippen LogP contribution in [0.15, 0.2) is 53.5 Å². The molecule has 0 aliphatic rings. The zero-order valence-electron chi connectivity index (χ0n) is 20.1.